The van der Waals surface area contributed by atoms with Gasteiger partial charge >= 0.3 is 0 Å². The Morgan fingerprint density at radius 3 is 1.65 bits per heavy atom. The molecule has 258 valence electrons. The standard InChI is InChI=1S/C53H35NS/c1-5-15-36(16-6-1)37-25-29-42(30-26-37)54(41-21-11-4-12-22-41)43-31-33-46-49(35-43)55-48-34-28-38-27-32-45-44-23-13-14-24-47(44)53(39-17-7-2-8-18-39,40-19-9-3-10-20-40)52(45)50(38)51(46)48/h1-35H. The Morgan fingerprint density at radius 2 is 0.945 bits per heavy atom. The van der Waals surface area contributed by atoms with Crippen molar-refractivity contribution in [3.8, 4) is 22.3 Å². The van der Waals surface area contributed by atoms with E-state index in [-0.39, 0.29) is 0 Å². The van der Waals surface area contributed by atoms with Crippen molar-refractivity contribution in [2.75, 3.05) is 4.90 Å². The molecular formula is C53H35NS. The van der Waals surface area contributed by atoms with E-state index in [2.05, 4.69) is 217 Å². The second kappa shape index (κ2) is 12.7. The first-order valence-corrected chi connectivity index (χ1v) is 19.7. The van der Waals surface area contributed by atoms with Crippen molar-refractivity contribution in [1.82, 2.24) is 0 Å². The maximum absolute atomic E-state index is 2.39. The molecule has 10 aromatic rings. The highest BCUT2D eigenvalue weighted by molar-refractivity contribution is 7.26. The molecule has 0 saturated heterocycles. The van der Waals surface area contributed by atoms with Crippen LogP contribution in [0.1, 0.15) is 22.3 Å². The van der Waals surface area contributed by atoms with E-state index in [1.807, 2.05) is 11.3 Å². The molecule has 9 aromatic carbocycles. The number of rotatable bonds is 6. The maximum atomic E-state index is 2.39. The van der Waals surface area contributed by atoms with Crippen LogP contribution in [0.15, 0.2) is 212 Å². The molecule has 0 aliphatic heterocycles. The van der Waals surface area contributed by atoms with Crippen molar-refractivity contribution in [1.29, 1.82) is 0 Å². The van der Waals surface area contributed by atoms with Gasteiger partial charge in [0.15, 0.2) is 0 Å². The van der Waals surface area contributed by atoms with Crippen LogP contribution in [0.3, 0.4) is 0 Å². The molecule has 0 N–H and O–H groups in total. The van der Waals surface area contributed by atoms with Gasteiger partial charge in [0, 0.05) is 37.2 Å². The quantitative estimate of drug-likeness (QED) is 0.166. The summed E-state index contributed by atoms with van der Waals surface area (Å²) in [6.45, 7) is 0. The van der Waals surface area contributed by atoms with E-state index >= 15 is 0 Å². The summed E-state index contributed by atoms with van der Waals surface area (Å²) in [7, 11) is 0. The van der Waals surface area contributed by atoms with Crippen molar-refractivity contribution in [2.24, 2.45) is 0 Å². The maximum Gasteiger partial charge on any atom is 0.0719 e. The van der Waals surface area contributed by atoms with E-state index in [1.165, 1.54) is 75.5 Å². The molecular weight excluding hydrogens is 683 g/mol. The SMILES string of the molecule is c1ccc(-c2ccc(N(c3ccccc3)c3ccc4c(c3)sc3ccc5ccc6c(c5c34)C(c3ccccc3)(c3ccccc3)c3ccccc3-6)cc2)cc1. The molecule has 0 saturated carbocycles. The van der Waals surface area contributed by atoms with Crippen LogP contribution in [0, 0.1) is 0 Å². The predicted octanol–water partition coefficient (Wildman–Crippen LogP) is 14.7. The largest absolute Gasteiger partial charge is 0.310 e. The Kier molecular flexibility index (Phi) is 7.33. The van der Waals surface area contributed by atoms with Crippen molar-refractivity contribution in [3.05, 3.63) is 235 Å². The summed E-state index contributed by atoms with van der Waals surface area (Å²) in [6, 6.07) is 78.1. The highest BCUT2D eigenvalue weighted by Gasteiger charge is 2.47. The molecule has 0 unspecified atom stereocenters. The Hall–Kier alpha value is -6.74. The van der Waals surface area contributed by atoms with Gasteiger partial charge in [0.1, 0.15) is 0 Å². The third-order valence-electron chi connectivity index (χ3n) is 11.5. The van der Waals surface area contributed by atoms with E-state index < -0.39 is 5.41 Å². The van der Waals surface area contributed by atoms with Crippen molar-refractivity contribution < 1.29 is 0 Å². The first-order chi connectivity index (χ1) is 27.3. The second-order valence-corrected chi connectivity index (χ2v) is 15.5. The molecule has 1 aliphatic rings. The zero-order valence-electron chi connectivity index (χ0n) is 30.1. The summed E-state index contributed by atoms with van der Waals surface area (Å²) in [5.74, 6) is 0. The fourth-order valence-electron chi connectivity index (χ4n) is 9.21. The van der Waals surface area contributed by atoms with Gasteiger partial charge in [-0.2, -0.15) is 0 Å². The summed E-state index contributed by atoms with van der Waals surface area (Å²) in [4.78, 5) is 2.38. The van der Waals surface area contributed by atoms with Gasteiger partial charge in [-0.3, -0.25) is 0 Å². The molecule has 0 spiro atoms. The summed E-state index contributed by atoms with van der Waals surface area (Å²) >= 11 is 1.89. The van der Waals surface area contributed by atoms with Gasteiger partial charge in [-0.05, 0) is 97.7 Å². The number of benzene rings is 9. The van der Waals surface area contributed by atoms with Gasteiger partial charge in [0.05, 0.1) is 5.41 Å². The molecule has 0 fully saturated rings. The van der Waals surface area contributed by atoms with Gasteiger partial charge in [-0.25, -0.2) is 0 Å². The van der Waals surface area contributed by atoms with E-state index in [0.717, 1.165) is 17.1 Å². The Bertz CT molecular complexity index is 2960. The average molecular weight is 718 g/mol. The first kappa shape index (κ1) is 31.8. The fourth-order valence-corrected chi connectivity index (χ4v) is 10.4. The van der Waals surface area contributed by atoms with Crippen LogP contribution < -0.4 is 4.90 Å². The number of thiophene rings is 1. The predicted molar refractivity (Wildman–Crippen MR) is 234 cm³/mol. The molecule has 2 heteroatoms. The van der Waals surface area contributed by atoms with Crippen LogP contribution in [0.25, 0.3) is 53.2 Å². The molecule has 0 radical (unpaired) electrons. The number of hydrogen-bond acceptors (Lipinski definition) is 2. The lowest BCUT2D eigenvalue weighted by Gasteiger charge is -2.34. The molecule has 1 nitrogen and oxygen atoms in total. The van der Waals surface area contributed by atoms with Crippen LogP contribution in [0.5, 0.6) is 0 Å². The molecule has 0 amide bonds. The minimum atomic E-state index is -0.480. The first-order valence-electron chi connectivity index (χ1n) is 18.9. The summed E-state index contributed by atoms with van der Waals surface area (Å²) in [5.41, 5.74) is 13.3. The normalized spacial score (nSPS) is 12.9. The number of anilines is 3. The fraction of sp³-hybridized carbons (Fsp3) is 0.0189. The number of hydrogen-bond donors (Lipinski definition) is 0. The summed E-state index contributed by atoms with van der Waals surface area (Å²) in [5, 5.41) is 5.24. The lowest BCUT2D eigenvalue weighted by Crippen LogP contribution is -2.28. The van der Waals surface area contributed by atoms with Gasteiger partial charge in [0.25, 0.3) is 0 Å². The Morgan fingerprint density at radius 1 is 0.382 bits per heavy atom. The highest BCUT2D eigenvalue weighted by Crippen LogP contribution is 2.59. The minimum Gasteiger partial charge on any atom is -0.310 e. The van der Waals surface area contributed by atoms with Gasteiger partial charge < -0.3 is 4.90 Å². The van der Waals surface area contributed by atoms with E-state index in [9.17, 15) is 0 Å². The zero-order chi connectivity index (χ0) is 36.3. The lowest BCUT2D eigenvalue weighted by molar-refractivity contribution is 0.776. The topological polar surface area (TPSA) is 3.24 Å². The van der Waals surface area contributed by atoms with Crippen molar-refractivity contribution >= 4 is 59.3 Å². The van der Waals surface area contributed by atoms with Gasteiger partial charge in [0.2, 0.25) is 0 Å². The molecule has 1 aliphatic carbocycles. The highest BCUT2D eigenvalue weighted by atomic mass is 32.1. The lowest BCUT2D eigenvalue weighted by atomic mass is 9.66. The number of fused-ring (bicyclic) bond motifs is 9. The average Bonchev–Trinajstić information content (AvgIpc) is 3.79. The zero-order valence-corrected chi connectivity index (χ0v) is 30.9. The van der Waals surface area contributed by atoms with E-state index in [1.54, 1.807) is 0 Å². The van der Waals surface area contributed by atoms with Gasteiger partial charge in [-0.15, -0.1) is 11.3 Å². The van der Waals surface area contributed by atoms with Crippen LogP contribution >= 0.6 is 11.3 Å². The van der Waals surface area contributed by atoms with Crippen molar-refractivity contribution in [3.63, 3.8) is 0 Å². The number of nitrogens with zero attached hydrogens (tertiary/aromatic N) is 1. The molecule has 1 aromatic heterocycles. The summed E-state index contributed by atoms with van der Waals surface area (Å²) in [6.07, 6.45) is 0. The molecule has 0 bridgehead atoms. The third kappa shape index (κ3) is 4.85. The minimum absolute atomic E-state index is 0.480. The second-order valence-electron chi connectivity index (χ2n) is 14.4. The van der Waals surface area contributed by atoms with Crippen molar-refractivity contribution in [2.45, 2.75) is 5.41 Å². The molecule has 0 atom stereocenters. The number of para-hydroxylation sites is 1. The summed E-state index contributed by atoms with van der Waals surface area (Å²) < 4.78 is 2.58. The van der Waals surface area contributed by atoms with E-state index in [4.69, 9.17) is 0 Å². The van der Waals surface area contributed by atoms with Crippen LogP contribution in [-0.2, 0) is 5.41 Å². The van der Waals surface area contributed by atoms with E-state index in [0.29, 0.717) is 0 Å². The van der Waals surface area contributed by atoms with Crippen LogP contribution in [0.2, 0.25) is 0 Å². The monoisotopic (exact) mass is 717 g/mol. The third-order valence-corrected chi connectivity index (χ3v) is 12.6. The Balaban J connectivity index is 1.16. The molecule has 1 heterocycles. The van der Waals surface area contributed by atoms with Crippen LogP contribution in [0.4, 0.5) is 17.1 Å². The van der Waals surface area contributed by atoms with Gasteiger partial charge in [-0.1, -0.05) is 170 Å². The molecule has 11 rings (SSSR count). The smallest absolute Gasteiger partial charge is 0.0719 e. The van der Waals surface area contributed by atoms with Crippen LogP contribution in [-0.4, -0.2) is 0 Å². The molecule has 55 heavy (non-hydrogen) atoms. The Labute approximate surface area is 325 Å².